The fraction of sp³-hybridized carbons (Fsp3) is 0.471. The van der Waals surface area contributed by atoms with E-state index >= 15 is 0 Å². The van der Waals surface area contributed by atoms with Gasteiger partial charge in [-0.05, 0) is 39.8 Å². The van der Waals surface area contributed by atoms with E-state index in [0.717, 1.165) is 11.3 Å². The molecule has 2 N–H and O–H groups in total. The number of hydrogen-bond donors (Lipinski definition) is 2. The Morgan fingerprint density at radius 3 is 2.46 bits per heavy atom. The van der Waals surface area contributed by atoms with Crippen molar-refractivity contribution in [2.45, 2.75) is 38.5 Å². The van der Waals surface area contributed by atoms with Gasteiger partial charge in [0.25, 0.3) is 5.91 Å². The molecule has 1 aliphatic heterocycles. The molecule has 1 aromatic rings. The summed E-state index contributed by atoms with van der Waals surface area (Å²) < 4.78 is 0. The third kappa shape index (κ3) is 4.29. The Hall–Kier alpha value is -2.02. The summed E-state index contributed by atoms with van der Waals surface area (Å²) in [6.07, 6.45) is 0. The predicted octanol–water partition coefficient (Wildman–Crippen LogP) is 2.39. The van der Waals surface area contributed by atoms with Gasteiger partial charge in [0.15, 0.2) is 0 Å². The maximum Gasteiger partial charge on any atom is 0.325 e. The summed E-state index contributed by atoms with van der Waals surface area (Å²) in [6, 6.07) is 7.22. The molecule has 7 heteroatoms. The summed E-state index contributed by atoms with van der Waals surface area (Å²) in [4.78, 5) is 37.2. The third-order valence-corrected chi connectivity index (χ3v) is 4.95. The van der Waals surface area contributed by atoms with Gasteiger partial charge in [0.2, 0.25) is 5.91 Å². The first kappa shape index (κ1) is 18.3. The van der Waals surface area contributed by atoms with Crippen LogP contribution in [0.2, 0.25) is 0 Å². The van der Waals surface area contributed by atoms with Crippen molar-refractivity contribution in [1.29, 1.82) is 0 Å². The molecule has 0 radical (unpaired) electrons. The lowest BCUT2D eigenvalue weighted by Crippen LogP contribution is -2.40. The average Bonchev–Trinajstić information content (AvgIpc) is 2.71. The number of thioether (sulfide) groups is 1. The van der Waals surface area contributed by atoms with Crippen molar-refractivity contribution < 1.29 is 14.4 Å². The molecule has 0 unspecified atom stereocenters. The summed E-state index contributed by atoms with van der Waals surface area (Å²) in [7, 11) is 0. The van der Waals surface area contributed by atoms with Gasteiger partial charge in [0.05, 0.1) is 5.25 Å². The first-order chi connectivity index (χ1) is 11.2. The molecule has 130 valence electrons. The van der Waals surface area contributed by atoms with E-state index in [1.165, 1.54) is 16.7 Å². The number of anilines is 1. The number of rotatable bonds is 6. The van der Waals surface area contributed by atoms with Crippen LogP contribution >= 0.6 is 11.8 Å². The molecule has 1 heterocycles. The van der Waals surface area contributed by atoms with Crippen molar-refractivity contribution in [2.24, 2.45) is 0 Å². The van der Waals surface area contributed by atoms with Crippen molar-refractivity contribution >= 4 is 35.3 Å². The van der Waals surface area contributed by atoms with Crippen molar-refractivity contribution in [2.75, 3.05) is 17.6 Å². The number of aryl methyl sites for hydroxylation is 1. The average molecular weight is 349 g/mol. The Kier molecular flexibility index (Phi) is 5.54. The maximum atomic E-state index is 12.2. The molecule has 1 atom stereocenters. The molecule has 0 spiro atoms. The predicted molar refractivity (Wildman–Crippen MR) is 96.1 cm³/mol. The van der Waals surface area contributed by atoms with Crippen LogP contribution in [0.1, 0.15) is 26.3 Å². The molecular formula is C17H23N3O3S. The van der Waals surface area contributed by atoms with E-state index in [9.17, 15) is 14.4 Å². The topological polar surface area (TPSA) is 78.5 Å². The molecule has 6 nitrogen and oxygen atoms in total. The molecule has 1 saturated heterocycles. The van der Waals surface area contributed by atoms with Crippen molar-refractivity contribution in [3.8, 4) is 0 Å². The summed E-state index contributed by atoms with van der Waals surface area (Å²) in [5.41, 5.74) is 1.04. The van der Waals surface area contributed by atoms with E-state index in [0.29, 0.717) is 12.3 Å². The van der Waals surface area contributed by atoms with Gasteiger partial charge in [0.1, 0.15) is 5.54 Å². The molecule has 24 heavy (non-hydrogen) atoms. The Balaban J connectivity index is 1.79. The monoisotopic (exact) mass is 349 g/mol. The number of urea groups is 1. The fourth-order valence-corrected chi connectivity index (χ4v) is 3.15. The van der Waals surface area contributed by atoms with Crippen LogP contribution in [-0.2, 0) is 9.59 Å². The first-order valence-corrected chi connectivity index (χ1v) is 8.89. The van der Waals surface area contributed by atoms with Crippen molar-refractivity contribution in [3.63, 3.8) is 0 Å². The lowest BCUT2D eigenvalue weighted by atomic mass is 10.1. The van der Waals surface area contributed by atoms with Crippen LogP contribution in [0.5, 0.6) is 0 Å². The van der Waals surface area contributed by atoms with Crippen LogP contribution in [-0.4, -0.2) is 45.8 Å². The molecule has 0 aromatic heterocycles. The highest BCUT2D eigenvalue weighted by Gasteiger charge is 2.43. The van der Waals surface area contributed by atoms with Crippen LogP contribution in [0.3, 0.4) is 0 Å². The minimum Gasteiger partial charge on any atom is -0.325 e. The molecule has 2 rings (SSSR count). The Labute approximate surface area is 146 Å². The number of benzene rings is 1. The van der Waals surface area contributed by atoms with Crippen molar-refractivity contribution in [3.05, 3.63) is 29.8 Å². The van der Waals surface area contributed by atoms with E-state index in [-0.39, 0.29) is 23.1 Å². The van der Waals surface area contributed by atoms with Crippen LogP contribution in [0.15, 0.2) is 24.3 Å². The highest BCUT2D eigenvalue weighted by molar-refractivity contribution is 8.00. The van der Waals surface area contributed by atoms with Gasteiger partial charge in [-0.3, -0.25) is 14.5 Å². The fourth-order valence-electron chi connectivity index (χ4n) is 2.30. The largest absolute Gasteiger partial charge is 0.325 e. The molecule has 0 aliphatic carbocycles. The second kappa shape index (κ2) is 7.25. The second-order valence-electron chi connectivity index (χ2n) is 6.38. The third-order valence-electron chi connectivity index (χ3n) is 3.82. The highest BCUT2D eigenvalue weighted by Crippen LogP contribution is 2.19. The van der Waals surface area contributed by atoms with Gasteiger partial charge >= 0.3 is 6.03 Å². The summed E-state index contributed by atoms with van der Waals surface area (Å²) in [6.45, 7) is 7.45. The second-order valence-corrected chi connectivity index (χ2v) is 7.83. The quantitative estimate of drug-likeness (QED) is 0.773. The Morgan fingerprint density at radius 2 is 1.92 bits per heavy atom. The molecule has 0 saturated carbocycles. The van der Waals surface area contributed by atoms with Gasteiger partial charge in [-0.1, -0.05) is 17.7 Å². The molecular weight excluding hydrogens is 326 g/mol. The molecule has 1 aromatic carbocycles. The minimum absolute atomic E-state index is 0.0959. The molecule has 0 bridgehead atoms. The van der Waals surface area contributed by atoms with Gasteiger partial charge in [-0.2, -0.15) is 0 Å². The molecule has 1 fully saturated rings. The lowest BCUT2D eigenvalue weighted by Gasteiger charge is -2.17. The van der Waals surface area contributed by atoms with Crippen LogP contribution in [0, 0.1) is 6.92 Å². The zero-order chi connectivity index (χ0) is 17.9. The summed E-state index contributed by atoms with van der Waals surface area (Å²) in [5, 5.41) is 5.22. The lowest BCUT2D eigenvalue weighted by molar-refractivity contribution is -0.130. The van der Waals surface area contributed by atoms with E-state index in [2.05, 4.69) is 10.6 Å². The summed E-state index contributed by atoms with van der Waals surface area (Å²) in [5.74, 6) is 0.184. The Morgan fingerprint density at radius 1 is 1.29 bits per heavy atom. The normalized spacial score (nSPS) is 17.6. The van der Waals surface area contributed by atoms with Gasteiger partial charge < -0.3 is 10.6 Å². The maximum absolute atomic E-state index is 12.2. The zero-order valence-electron chi connectivity index (χ0n) is 14.4. The van der Waals surface area contributed by atoms with E-state index in [1.807, 2.05) is 38.1 Å². The standard InChI is InChI=1S/C17H23N3O3S/c1-11-5-7-13(8-6-11)18-14(21)12(2)24-10-9-20-15(22)17(3,4)19-16(20)23/h5-8,12H,9-10H2,1-4H3,(H,18,21)(H,19,23)/t12-/m0/s1. The zero-order valence-corrected chi connectivity index (χ0v) is 15.2. The summed E-state index contributed by atoms with van der Waals surface area (Å²) >= 11 is 1.41. The number of nitrogens with one attached hydrogen (secondary N) is 2. The molecule has 4 amide bonds. The smallest absolute Gasteiger partial charge is 0.325 e. The van der Waals surface area contributed by atoms with Crippen LogP contribution in [0.25, 0.3) is 0 Å². The van der Waals surface area contributed by atoms with Gasteiger partial charge in [-0.25, -0.2) is 4.79 Å². The van der Waals surface area contributed by atoms with Gasteiger partial charge in [-0.15, -0.1) is 11.8 Å². The Bertz CT molecular complexity index is 643. The number of nitrogens with zero attached hydrogens (tertiary/aromatic N) is 1. The minimum atomic E-state index is -0.851. The number of amides is 4. The number of hydrogen-bond acceptors (Lipinski definition) is 4. The SMILES string of the molecule is Cc1ccc(NC(=O)[C@H](C)SCCN2C(=O)NC(C)(C)C2=O)cc1. The number of imide groups is 1. The molecule has 1 aliphatic rings. The first-order valence-electron chi connectivity index (χ1n) is 7.84. The van der Waals surface area contributed by atoms with E-state index < -0.39 is 5.54 Å². The van der Waals surface area contributed by atoms with Crippen LogP contribution in [0.4, 0.5) is 10.5 Å². The van der Waals surface area contributed by atoms with Gasteiger partial charge in [0, 0.05) is 18.0 Å². The van der Waals surface area contributed by atoms with Crippen molar-refractivity contribution in [1.82, 2.24) is 10.2 Å². The van der Waals surface area contributed by atoms with E-state index in [4.69, 9.17) is 0 Å². The number of carbonyl (C=O) groups is 3. The highest BCUT2D eigenvalue weighted by atomic mass is 32.2. The van der Waals surface area contributed by atoms with Crippen LogP contribution < -0.4 is 10.6 Å². The van der Waals surface area contributed by atoms with E-state index in [1.54, 1.807) is 13.8 Å². The number of carbonyl (C=O) groups excluding carboxylic acids is 3.